The normalized spacial score (nSPS) is 10.6. The number of hydrogen-bond acceptors (Lipinski definition) is 3. The van der Waals surface area contributed by atoms with Crippen molar-refractivity contribution in [3.8, 4) is 0 Å². The Kier molecular flexibility index (Phi) is 11.8. The Morgan fingerprint density at radius 3 is 2.54 bits per heavy atom. The molecule has 0 rings (SSSR count). The van der Waals surface area contributed by atoms with E-state index in [0.717, 1.165) is 19.7 Å². The van der Waals surface area contributed by atoms with E-state index < -0.39 is 0 Å². The zero-order valence-corrected chi connectivity index (χ0v) is 8.97. The number of hydrogen-bond donors (Lipinski definition) is 1. The molecule has 80 valence electrons. The van der Waals surface area contributed by atoms with Crippen LogP contribution in [0.25, 0.3) is 0 Å². The van der Waals surface area contributed by atoms with Gasteiger partial charge in [-0.15, -0.1) is 0 Å². The molecule has 13 heavy (non-hydrogen) atoms. The quantitative estimate of drug-likeness (QED) is 0.527. The molecular formula is C10H23NO2. The van der Waals surface area contributed by atoms with Crippen LogP contribution in [-0.4, -0.2) is 40.0 Å². The van der Waals surface area contributed by atoms with Crippen molar-refractivity contribution in [3.63, 3.8) is 0 Å². The highest BCUT2D eigenvalue weighted by Crippen LogP contribution is 1.90. The Bertz CT molecular complexity index is 79.0. The largest absolute Gasteiger partial charge is 0.382 e. The van der Waals surface area contributed by atoms with Crippen molar-refractivity contribution in [2.24, 2.45) is 0 Å². The average Bonchev–Trinajstić information content (AvgIpc) is 2.16. The molecule has 0 fully saturated rings. The van der Waals surface area contributed by atoms with Crippen LogP contribution >= 0.6 is 0 Å². The van der Waals surface area contributed by atoms with Crippen LogP contribution in [0.15, 0.2) is 0 Å². The molecule has 0 aliphatic carbocycles. The summed E-state index contributed by atoms with van der Waals surface area (Å²) in [7, 11) is 1.69. The maximum absolute atomic E-state index is 5.29. The molecule has 1 N–H and O–H groups in total. The molecule has 0 saturated carbocycles. The number of methoxy groups -OCH3 is 1. The lowest BCUT2D eigenvalue weighted by molar-refractivity contribution is 0.0720. The van der Waals surface area contributed by atoms with Gasteiger partial charge in [-0.05, 0) is 13.0 Å². The first-order valence-corrected chi connectivity index (χ1v) is 5.19. The molecular weight excluding hydrogens is 166 g/mol. The van der Waals surface area contributed by atoms with E-state index in [1.165, 1.54) is 19.3 Å². The third-order valence-electron chi connectivity index (χ3n) is 1.81. The van der Waals surface area contributed by atoms with Gasteiger partial charge in [-0.3, -0.25) is 0 Å². The summed E-state index contributed by atoms with van der Waals surface area (Å²) in [5.74, 6) is 0. The summed E-state index contributed by atoms with van der Waals surface area (Å²) in [6, 6.07) is 0. The van der Waals surface area contributed by atoms with Gasteiger partial charge in [0.2, 0.25) is 0 Å². The van der Waals surface area contributed by atoms with E-state index in [4.69, 9.17) is 9.47 Å². The minimum atomic E-state index is 0.690. The Hall–Kier alpha value is -0.120. The van der Waals surface area contributed by atoms with E-state index in [2.05, 4.69) is 12.2 Å². The zero-order valence-electron chi connectivity index (χ0n) is 8.97. The standard InChI is InChI=1S/C10H23NO2/c1-3-4-5-6-11-7-8-13-10-9-12-2/h11H,3-10H2,1-2H3. The second-order valence-electron chi connectivity index (χ2n) is 3.06. The van der Waals surface area contributed by atoms with E-state index in [0.29, 0.717) is 13.2 Å². The predicted octanol–water partition coefficient (Wildman–Crippen LogP) is 1.43. The fraction of sp³-hybridized carbons (Fsp3) is 1.00. The van der Waals surface area contributed by atoms with Crippen LogP contribution in [-0.2, 0) is 9.47 Å². The van der Waals surface area contributed by atoms with Gasteiger partial charge in [0, 0.05) is 13.7 Å². The van der Waals surface area contributed by atoms with Crippen LogP contribution in [0.5, 0.6) is 0 Å². The number of ether oxygens (including phenoxy) is 2. The van der Waals surface area contributed by atoms with Gasteiger partial charge >= 0.3 is 0 Å². The van der Waals surface area contributed by atoms with Gasteiger partial charge in [0.05, 0.1) is 19.8 Å². The predicted molar refractivity (Wildman–Crippen MR) is 55.1 cm³/mol. The lowest BCUT2D eigenvalue weighted by Crippen LogP contribution is -2.21. The molecule has 0 aromatic carbocycles. The Morgan fingerprint density at radius 2 is 1.85 bits per heavy atom. The van der Waals surface area contributed by atoms with Gasteiger partial charge in [0.1, 0.15) is 0 Å². The topological polar surface area (TPSA) is 30.5 Å². The van der Waals surface area contributed by atoms with Crippen LogP contribution < -0.4 is 5.32 Å². The van der Waals surface area contributed by atoms with Gasteiger partial charge in [0.15, 0.2) is 0 Å². The maximum atomic E-state index is 5.29. The average molecular weight is 189 g/mol. The fourth-order valence-corrected chi connectivity index (χ4v) is 1.01. The molecule has 3 heteroatoms. The molecule has 0 spiro atoms. The SMILES string of the molecule is CCCCCNCCOCCOC. The maximum Gasteiger partial charge on any atom is 0.0700 e. The van der Waals surface area contributed by atoms with Gasteiger partial charge in [-0.2, -0.15) is 0 Å². The van der Waals surface area contributed by atoms with Crippen LogP contribution in [0, 0.1) is 0 Å². The highest BCUT2D eigenvalue weighted by Gasteiger charge is 1.88. The number of unbranched alkanes of at least 4 members (excludes halogenated alkanes) is 2. The third kappa shape index (κ3) is 11.9. The second kappa shape index (κ2) is 11.9. The lowest BCUT2D eigenvalue weighted by Gasteiger charge is -2.05. The van der Waals surface area contributed by atoms with E-state index in [9.17, 15) is 0 Å². The summed E-state index contributed by atoms with van der Waals surface area (Å²) in [6.45, 7) is 6.46. The lowest BCUT2D eigenvalue weighted by atomic mass is 10.2. The first kappa shape index (κ1) is 12.9. The first-order chi connectivity index (χ1) is 6.41. The Morgan fingerprint density at radius 1 is 1.00 bits per heavy atom. The molecule has 0 aromatic rings. The zero-order chi connectivity index (χ0) is 9.78. The molecule has 0 aromatic heterocycles. The van der Waals surface area contributed by atoms with Crippen molar-refractivity contribution in [1.29, 1.82) is 0 Å². The van der Waals surface area contributed by atoms with Crippen molar-refractivity contribution < 1.29 is 9.47 Å². The molecule has 0 radical (unpaired) electrons. The fourth-order valence-electron chi connectivity index (χ4n) is 1.01. The summed E-state index contributed by atoms with van der Waals surface area (Å²) in [6.07, 6.45) is 3.87. The summed E-state index contributed by atoms with van der Waals surface area (Å²) < 4.78 is 10.1. The van der Waals surface area contributed by atoms with Crippen LogP contribution in [0.1, 0.15) is 26.2 Å². The monoisotopic (exact) mass is 189 g/mol. The number of nitrogens with one attached hydrogen (secondary N) is 1. The second-order valence-corrected chi connectivity index (χ2v) is 3.06. The van der Waals surface area contributed by atoms with E-state index in [1.807, 2.05) is 0 Å². The van der Waals surface area contributed by atoms with Crippen molar-refractivity contribution in [2.45, 2.75) is 26.2 Å². The van der Waals surface area contributed by atoms with Gasteiger partial charge in [0.25, 0.3) is 0 Å². The van der Waals surface area contributed by atoms with Gasteiger partial charge in [-0.25, -0.2) is 0 Å². The van der Waals surface area contributed by atoms with E-state index in [1.54, 1.807) is 7.11 Å². The van der Waals surface area contributed by atoms with Crippen LogP contribution in [0.4, 0.5) is 0 Å². The molecule has 0 heterocycles. The molecule has 0 atom stereocenters. The van der Waals surface area contributed by atoms with Crippen LogP contribution in [0.3, 0.4) is 0 Å². The minimum Gasteiger partial charge on any atom is -0.382 e. The third-order valence-corrected chi connectivity index (χ3v) is 1.81. The van der Waals surface area contributed by atoms with Crippen molar-refractivity contribution in [1.82, 2.24) is 5.32 Å². The van der Waals surface area contributed by atoms with Gasteiger partial charge in [-0.1, -0.05) is 19.8 Å². The molecule has 0 unspecified atom stereocenters. The molecule has 0 bridgehead atoms. The molecule has 3 nitrogen and oxygen atoms in total. The smallest absolute Gasteiger partial charge is 0.0700 e. The van der Waals surface area contributed by atoms with Crippen molar-refractivity contribution in [2.75, 3.05) is 40.0 Å². The Balaban J connectivity index is 2.76. The van der Waals surface area contributed by atoms with Crippen molar-refractivity contribution in [3.05, 3.63) is 0 Å². The molecule has 0 saturated heterocycles. The number of rotatable bonds is 10. The van der Waals surface area contributed by atoms with E-state index >= 15 is 0 Å². The summed E-state index contributed by atoms with van der Waals surface area (Å²) >= 11 is 0. The first-order valence-electron chi connectivity index (χ1n) is 5.19. The van der Waals surface area contributed by atoms with Crippen LogP contribution in [0.2, 0.25) is 0 Å². The highest BCUT2D eigenvalue weighted by molar-refractivity contribution is 4.46. The molecule has 0 aliphatic rings. The van der Waals surface area contributed by atoms with Gasteiger partial charge < -0.3 is 14.8 Å². The molecule has 0 amide bonds. The Labute approximate surface area is 81.8 Å². The summed E-state index contributed by atoms with van der Waals surface area (Å²) in [5, 5.41) is 3.33. The summed E-state index contributed by atoms with van der Waals surface area (Å²) in [4.78, 5) is 0. The van der Waals surface area contributed by atoms with E-state index in [-0.39, 0.29) is 0 Å². The summed E-state index contributed by atoms with van der Waals surface area (Å²) in [5.41, 5.74) is 0. The molecule has 0 aliphatic heterocycles. The minimum absolute atomic E-state index is 0.690. The van der Waals surface area contributed by atoms with Crippen molar-refractivity contribution >= 4 is 0 Å². The highest BCUT2D eigenvalue weighted by atomic mass is 16.5.